The Balaban J connectivity index is 1.67. The van der Waals surface area contributed by atoms with Crippen LogP contribution >= 0.6 is 11.3 Å². The van der Waals surface area contributed by atoms with Crippen molar-refractivity contribution in [3.63, 3.8) is 0 Å². The molecule has 2 aromatic heterocycles. The van der Waals surface area contributed by atoms with Crippen LogP contribution in [0, 0.1) is 0 Å². The quantitative estimate of drug-likeness (QED) is 0.720. The first-order valence-corrected chi connectivity index (χ1v) is 6.68. The summed E-state index contributed by atoms with van der Waals surface area (Å²) in [7, 11) is 0. The summed E-state index contributed by atoms with van der Waals surface area (Å²) in [6.07, 6.45) is 5.15. The lowest BCUT2D eigenvalue weighted by atomic mass is 10.5. The van der Waals surface area contributed by atoms with Gasteiger partial charge in [-0.05, 0) is 0 Å². The number of amides is 2. The number of aromatic nitrogens is 3. The van der Waals surface area contributed by atoms with Crippen LogP contribution in [0.5, 0.6) is 0 Å². The molecular weight excluding hydrogens is 282 g/mol. The molecule has 2 amide bonds. The number of nitrogens with one attached hydrogen (secondary N) is 2. The monoisotopic (exact) mass is 295 g/mol. The molecule has 0 aliphatic carbocycles. The summed E-state index contributed by atoms with van der Waals surface area (Å²) in [4.78, 5) is 29.9. The first-order chi connectivity index (χ1) is 9.65. The van der Waals surface area contributed by atoms with Crippen molar-refractivity contribution in [3.05, 3.63) is 34.8 Å². The number of nitrogens with zero attached hydrogens (tertiary/aromatic N) is 3. The molecule has 2 rings (SSSR count). The van der Waals surface area contributed by atoms with Gasteiger partial charge in [0.25, 0.3) is 0 Å². The minimum Gasteiger partial charge on any atom is -0.476 e. The molecule has 0 spiro atoms. The summed E-state index contributed by atoms with van der Waals surface area (Å²) >= 11 is 1.19. The number of aromatic carboxylic acids is 1. The van der Waals surface area contributed by atoms with Crippen LogP contribution in [-0.2, 0) is 13.1 Å². The molecule has 0 aliphatic heterocycles. The summed E-state index contributed by atoms with van der Waals surface area (Å²) in [6, 6.07) is -0.322. The number of carboxylic acids is 1. The highest BCUT2D eigenvalue weighted by Crippen LogP contribution is 2.09. The van der Waals surface area contributed by atoms with Gasteiger partial charge < -0.3 is 20.3 Å². The zero-order chi connectivity index (χ0) is 14.4. The number of carboxylic acid groups (broad SMARTS) is 1. The summed E-state index contributed by atoms with van der Waals surface area (Å²) in [6.45, 7) is 1.31. The highest BCUT2D eigenvalue weighted by Gasteiger charge is 2.09. The minimum absolute atomic E-state index is 0.00711. The molecule has 0 atom stereocenters. The Morgan fingerprint density at radius 3 is 2.90 bits per heavy atom. The van der Waals surface area contributed by atoms with Crippen molar-refractivity contribution < 1.29 is 14.7 Å². The van der Waals surface area contributed by atoms with E-state index in [1.807, 2.05) is 10.8 Å². The number of hydrogen-bond acceptors (Lipinski definition) is 5. The maximum Gasteiger partial charge on any atom is 0.355 e. The molecule has 0 saturated heterocycles. The standard InChI is InChI=1S/C11H13N5O3S/c17-10(18)8-6-20-9(15-8)5-14-11(19)13-2-4-16-3-1-12-7-16/h1,3,6-7H,2,4-5H2,(H,17,18)(H2,13,14,19). The highest BCUT2D eigenvalue weighted by molar-refractivity contribution is 7.09. The average Bonchev–Trinajstić information content (AvgIpc) is 3.07. The molecule has 3 N–H and O–H groups in total. The summed E-state index contributed by atoms with van der Waals surface area (Å²) < 4.78 is 1.85. The van der Waals surface area contributed by atoms with Gasteiger partial charge in [-0.1, -0.05) is 0 Å². The molecule has 2 aromatic rings. The zero-order valence-electron chi connectivity index (χ0n) is 10.4. The number of thiazole rings is 1. The first-order valence-electron chi connectivity index (χ1n) is 5.80. The normalized spacial score (nSPS) is 10.2. The Hall–Kier alpha value is -2.42. The second-order valence-electron chi connectivity index (χ2n) is 3.84. The fraction of sp³-hybridized carbons (Fsp3) is 0.273. The molecule has 0 aromatic carbocycles. The Kier molecular flexibility index (Phi) is 4.66. The van der Waals surface area contributed by atoms with Crippen molar-refractivity contribution in [1.29, 1.82) is 0 Å². The average molecular weight is 295 g/mol. The van der Waals surface area contributed by atoms with Crippen LogP contribution in [0.1, 0.15) is 15.5 Å². The fourth-order valence-electron chi connectivity index (χ4n) is 1.43. The number of hydrogen-bond donors (Lipinski definition) is 3. The van der Waals surface area contributed by atoms with Crippen molar-refractivity contribution in [3.8, 4) is 0 Å². The van der Waals surface area contributed by atoms with Gasteiger partial charge >= 0.3 is 12.0 Å². The highest BCUT2D eigenvalue weighted by atomic mass is 32.1. The van der Waals surface area contributed by atoms with E-state index in [-0.39, 0.29) is 18.3 Å². The van der Waals surface area contributed by atoms with Gasteiger partial charge in [-0.15, -0.1) is 11.3 Å². The Labute approximate surface area is 118 Å². The van der Waals surface area contributed by atoms with Gasteiger partial charge in [0.1, 0.15) is 5.01 Å². The predicted molar refractivity (Wildman–Crippen MR) is 71.5 cm³/mol. The number of urea groups is 1. The Morgan fingerprint density at radius 1 is 1.40 bits per heavy atom. The lowest BCUT2D eigenvalue weighted by Gasteiger charge is -2.06. The first kappa shape index (κ1) is 14.0. The van der Waals surface area contributed by atoms with E-state index in [2.05, 4.69) is 20.6 Å². The molecule has 20 heavy (non-hydrogen) atoms. The van der Waals surface area contributed by atoms with E-state index in [9.17, 15) is 9.59 Å². The molecule has 2 heterocycles. The van der Waals surface area contributed by atoms with Gasteiger partial charge in [-0.3, -0.25) is 0 Å². The van der Waals surface area contributed by atoms with Crippen LogP contribution in [-0.4, -0.2) is 38.2 Å². The topological polar surface area (TPSA) is 109 Å². The smallest absolute Gasteiger partial charge is 0.355 e. The third-order valence-corrected chi connectivity index (χ3v) is 3.23. The zero-order valence-corrected chi connectivity index (χ0v) is 11.3. The second-order valence-corrected chi connectivity index (χ2v) is 4.78. The van der Waals surface area contributed by atoms with Crippen molar-refractivity contribution in [2.45, 2.75) is 13.1 Å². The van der Waals surface area contributed by atoms with Crippen LogP contribution < -0.4 is 10.6 Å². The molecule has 8 nitrogen and oxygen atoms in total. The maximum absolute atomic E-state index is 11.5. The molecular formula is C11H13N5O3S. The lowest BCUT2D eigenvalue weighted by Crippen LogP contribution is -2.36. The number of carbonyl (C=O) groups excluding carboxylic acids is 1. The molecule has 0 fully saturated rings. The summed E-state index contributed by atoms with van der Waals surface area (Å²) in [5, 5.41) is 16.0. The van der Waals surface area contributed by atoms with E-state index in [1.54, 1.807) is 12.5 Å². The summed E-state index contributed by atoms with van der Waals surface area (Å²) in [5.41, 5.74) is -0.00711. The van der Waals surface area contributed by atoms with E-state index >= 15 is 0 Å². The van der Waals surface area contributed by atoms with Crippen molar-refractivity contribution in [2.75, 3.05) is 6.54 Å². The summed E-state index contributed by atoms with van der Waals surface area (Å²) in [5.74, 6) is -1.07. The molecule has 0 bridgehead atoms. The van der Waals surface area contributed by atoms with Gasteiger partial charge in [0.2, 0.25) is 0 Å². The van der Waals surface area contributed by atoms with E-state index in [0.29, 0.717) is 18.1 Å². The van der Waals surface area contributed by atoms with Crippen molar-refractivity contribution in [2.24, 2.45) is 0 Å². The second kappa shape index (κ2) is 6.66. The largest absolute Gasteiger partial charge is 0.476 e. The van der Waals surface area contributed by atoms with Crippen LogP contribution in [0.25, 0.3) is 0 Å². The third kappa shape index (κ3) is 4.05. The Bertz CT molecular complexity index is 581. The molecule has 0 aliphatic rings. The molecule has 0 unspecified atom stereocenters. The molecule has 0 saturated carbocycles. The molecule has 106 valence electrons. The Morgan fingerprint density at radius 2 is 2.25 bits per heavy atom. The number of carbonyl (C=O) groups is 2. The van der Waals surface area contributed by atoms with E-state index in [4.69, 9.17) is 5.11 Å². The van der Waals surface area contributed by atoms with Gasteiger partial charge in [0.05, 0.1) is 12.9 Å². The van der Waals surface area contributed by atoms with E-state index < -0.39 is 5.97 Å². The van der Waals surface area contributed by atoms with Crippen LogP contribution in [0.2, 0.25) is 0 Å². The molecule has 9 heteroatoms. The SMILES string of the molecule is O=C(NCCn1ccnc1)NCc1nc(C(=O)O)cs1. The predicted octanol–water partition coefficient (Wildman–Crippen LogP) is 0.537. The van der Waals surface area contributed by atoms with E-state index in [1.165, 1.54) is 16.7 Å². The van der Waals surface area contributed by atoms with Gasteiger partial charge in [0.15, 0.2) is 5.69 Å². The van der Waals surface area contributed by atoms with Gasteiger partial charge in [-0.2, -0.15) is 0 Å². The third-order valence-electron chi connectivity index (χ3n) is 2.39. The van der Waals surface area contributed by atoms with Crippen LogP contribution in [0.3, 0.4) is 0 Å². The number of rotatable bonds is 6. The molecule has 0 radical (unpaired) electrons. The maximum atomic E-state index is 11.5. The van der Waals surface area contributed by atoms with Crippen LogP contribution in [0.15, 0.2) is 24.1 Å². The lowest BCUT2D eigenvalue weighted by molar-refractivity contribution is 0.0691. The fourth-order valence-corrected chi connectivity index (χ4v) is 2.13. The van der Waals surface area contributed by atoms with Gasteiger partial charge in [-0.25, -0.2) is 19.6 Å². The minimum atomic E-state index is -1.07. The van der Waals surface area contributed by atoms with Crippen molar-refractivity contribution in [1.82, 2.24) is 25.2 Å². The van der Waals surface area contributed by atoms with Crippen molar-refractivity contribution >= 4 is 23.3 Å². The van der Waals surface area contributed by atoms with Gasteiger partial charge in [0, 0.05) is 30.9 Å². The van der Waals surface area contributed by atoms with E-state index in [0.717, 1.165) is 0 Å². The number of imidazole rings is 1. The van der Waals surface area contributed by atoms with Crippen LogP contribution in [0.4, 0.5) is 4.79 Å².